The van der Waals surface area contributed by atoms with Crippen LogP contribution in [0.15, 0.2) is 48.5 Å². The molecule has 1 atom stereocenters. The topological polar surface area (TPSA) is 59.6 Å². The molecule has 5 nitrogen and oxygen atoms in total. The van der Waals surface area contributed by atoms with Gasteiger partial charge in [0.1, 0.15) is 13.2 Å². The zero-order chi connectivity index (χ0) is 16.1. The van der Waals surface area contributed by atoms with Gasteiger partial charge in [0.15, 0.2) is 11.5 Å². The van der Waals surface area contributed by atoms with Crippen molar-refractivity contribution in [3.63, 3.8) is 0 Å². The number of carbonyl (C=O) groups is 1. The lowest BCUT2D eigenvalue weighted by Crippen LogP contribution is -2.36. The lowest BCUT2D eigenvalue weighted by Gasteiger charge is -2.21. The second-order valence-corrected chi connectivity index (χ2v) is 5.44. The molecule has 2 aromatic carbocycles. The van der Waals surface area contributed by atoms with Crippen LogP contribution in [0.4, 0.5) is 4.79 Å². The molecule has 5 heteroatoms. The second-order valence-electron chi connectivity index (χ2n) is 5.44. The molecule has 1 aliphatic rings. The number of fused-ring (bicyclic) bond motifs is 1. The van der Waals surface area contributed by atoms with E-state index in [9.17, 15) is 4.79 Å². The van der Waals surface area contributed by atoms with Crippen LogP contribution in [0.3, 0.4) is 0 Å². The van der Waals surface area contributed by atoms with E-state index in [0.29, 0.717) is 19.8 Å². The largest absolute Gasteiger partial charge is 0.486 e. The van der Waals surface area contributed by atoms with Gasteiger partial charge in [-0.25, -0.2) is 4.79 Å². The van der Waals surface area contributed by atoms with Gasteiger partial charge in [-0.15, -0.1) is 0 Å². The van der Waals surface area contributed by atoms with Gasteiger partial charge < -0.3 is 20.1 Å². The number of ether oxygens (including phenoxy) is 2. The molecule has 3 rings (SSSR count). The number of hydrogen-bond donors (Lipinski definition) is 2. The zero-order valence-corrected chi connectivity index (χ0v) is 13.0. The Labute approximate surface area is 135 Å². The molecule has 0 spiro atoms. The van der Waals surface area contributed by atoms with Crippen molar-refractivity contribution in [2.75, 3.05) is 13.2 Å². The minimum atomic E-state index is -0.198. The average Bonchev–Trinajstić information content (AvgIpc) is 2.60. The second kappa shape index (κ2) is 7.05. The molecule has 0 saturated carbocycles. The van der Waals surface area contributed by atoms with Crippen LogP contribution in [0.2, 0.25) is 0 Å². The van der Waals surface area contributed by atoms with Crippen molar-refractivity contribution < 1.29 is 14.3 Å². The molecule has 23 heavy (non-hydrogen) atoms. The molecule has 2 aromatic rings. The van der Waals surface area contributed by atoms with Crippen LogP contribution in [-0.4, -0.2) is 19.2 Å². The Morgan fingerprint density at radius 1 is 1.09 bits per heavy atom. The number of carbonyl (C=O) groups excluding carboxylic acids is 1. The maximum absolute atomic E-state index is 12.0. The standard InChI is InChI=1S/C18H20N2O3/c1-13(15-7-8-16-17(11-15)23-10-9-22-16)20-18(21)19-12-14-5-3-2-4-6-14/h2-8,11,13H,9-10,12H2,1H3,(H2,19,20,21)/t13-/m1/s1. The quantitative estimate of drug-likeness (QED) is 0.912. The lowest BCUT2D eigenvalue weighted by atomic mass is 10.1. The molecule has 0 radical (unpaired) electrons. The van der Waals surface area contributed by atoms with Gasteiger partial charge in [-0.2, -0.15) is 0 Å². The number of rotatable bonds is 4. The molecule has 0 unspecified atom stereocenters. The van der Waals surface area contributed by atoms with Gasteiger partial charge >= 0.3 is 6.03 Å². The van der Waals surface area contributed by atoms with Crippen LogP contribution in [-0.2, 0) is 6.54 Å². The monoisotopic (exact) mass is 312 g/mol. The van der Waals surface area contributed by atoms with Crippen molar-refractivity contribution in [1.29, 1.82) is 0 Å². The molecule has 0 bridgehead atoms. The van der Waals surface area contributed by atoms with Crippen molar-refractivity contribution in [2.45, 2.75) is 19.5 Å². The molecule has 1 heterocycles. The fourth-order valence-corrected chi connectivity index (χ4v) is 2.44. The molecule has 2 N–H and O–H groups in total. The van der Waals surface area contributed by atoms with Crippen molar-refractivity contribution >= 4 is 6.03 Å². The van der Waals surface area contributed by atoms with Gasteiger partial charge in [-0.05, 0) is 30.2 Å². The van der Waals surface area contributed by atoms with Crippen LogP contribution in [0.1, 0.15) is 24.1 Å². The molecule has 1 aliphatic heterocycles. The normalized spacial score (nSPS) is 14.0. The summed E-state index contributed by atoms with van der Waals surface area (Å²) in [7, 11) is 0. The summed E-state index contributed by atoms with van der Waals surface area (Å²) < 4.78 is 11.1. The van der Waals surface area contributed by atoms with Gasteiger partial charge in [0.25, 0.3) is 0 Å². The van der Waals surface area contributed by atoms with Crippen LogP contribution in [0, 0.1) is 0 Å². The molecule has 0 aliphatic carbocycles. The minimum absolute atomic E-state index is 0.124. The smallest absolute Gasteiger partial charge is 0.315 e. The minimum Gasteiger partial charge on any atom is -0.486 e. The zero-order valence-electron chi connectivity index (χ0n) is 13.0. The first kappa shape index (κ1) is 15.2. The molecule has 120 valence electrons. The number of urea groups is 1. The highest BCUT2D eigenvalue weighted by atomic mass is 16.6. The Hall–Kier alpha value is -2.69. The Kier molecular flexibility index (Phi) is 4.66. The molecule has 0 saturated heterocycles. The summed E-state index contributed by atoms with van der Waals surface area (Å²) in [6.07, 6.45) is 0. The van der Waals surface area contributed by atoms with Crippen LogP contribution in [0.5, 0.6) is 11.5 Å². The van der Waals surface area contributed by atoms with Crippen molar-refractivity contribution in [3.8, 4) is 11.5 Å². The van der Waals surface area contributed by atoms with E-state index in [4.69, 9.17) is 9.47 Å². The lowest BCUT2D eigenvalue weighted by molar-refractivity contribution is 0.171. The maximum Gasteiger partial charge on any atom is 0.315 e. The fraction of sp³-hybridized carbons (Fsp3) is 0.278. The van der Waals surface area contributed by atoms with E-state index in [1.807, 2.05) is 55.5 Å². The van der Waals surface area contributed by atoms with Gasteiger partial charge in [0.2, 0.25) is 0 Å². The molecule has 2 amide bonds. The van der Waals surface area contributed by atoms with Crippen LogP contribution < -0.4 is 20.1 Å². The van der Waals surface area contributed by atoms with E-state index < -0.39 is 0 Å². The van der Waals surface area contributed by atoms with Crippen LogP contribution in [0.25, 0.3) is 0 Å². The van der Waals surface area contributed by atoms with E-state index in [-0.39, 0.29) is 12.1 Å². The first-order chi connectivity index (χ1) is 11.2. The number of benzene rings is 2. The molecular weight excluding hydrogens is 292 g/mol. The third-order valence-corrected chi connectivity index (χ3v) is 3.71. The first-order valence-corrected chi connectivity index (χ1v) is 7.70. The molecular formula is C18H20N2O3. The highest BCUT2D eigenvalue weighted by Crippen LogP contribution is 2.32. The van der Waals surface area contributed by atoms with E-state index in [2.05, 4.69) is 10.6 Å². The average molecular weight is 312 g/mol. The Balaban J connectivity index is 1.56. The van der Waals surface area contributed by atoms with Crippen LogP contribution >= 0.6 is 0 Å². The number of nitrogens with one attached hydrogen (secondary N) is 2. The van der Waals surface area contributed by atoms with Crippen molar-refractivity contribution in [2.24, 2.45) is 0 Å². The fourth-order valence-electron chi connectivity index (χ4n) is 2.44. The van der Waals surface area contributed by atoms with Gasteiger partial charge in [-0.1, -0.05) is 36.4 Å². The van der Waals surface area contributed by atoms with Gasteiger partial charge in [0, 0.05) is 6.54 Å². The first-order valence-electron chi connectivity index (χ1n) is 7.70. The molecule has 0 fully saturated rings. The number of amides is 2. The highest BCUT2D eigenvalue weighted by Gasteiger charge is 2.15. The summed E-state index contributed by atoms with van der Waals surface area (Å²) in [5, 5.41) is 5.78. The maximum atomic E-state index is 12.0. The molecule has 0 aromatic heterocycles. The van der Waals surface area contributed by atoms with Gasteiger partial charge in [-0.3, -0.25) is 0 Å². The summed E-state index contributed by atoms with van der Waals surface area (Å²) in [5.74, 6) is 1.48. The third-order valence-electron chi connectivity index (χ3n) is 3.71. The Morgan fingerprint density at radius 3 is 2.61 bits per heavy atom. The summed E-state index contributed by atoms with van der Waals surface area (Å²) in [6, 6.07) is 15.2. The SMILES string of the molecule is C[C@@H](NC(=O)NCc1ccccc1)c1ccc2c(c1)OCCO2. The van der Waals surface area contributed by atoms with Crippen molar-refractivity contribution in [3.05, 3.63) is 59.7 Å². The summed E-state index contributed by atoms with van der Waals surface area (Å²) in [4.78, 5) is 12.0. The van der Waals surface area contributed by atoms with E-state index in [1.54, 1.807) is 0 Å². The summed E-state index contributed by atoms with van der Waals surface area (Å²) >= 11 is 0. The Bertz CT molecular complexity index is 673. The Morgan fingerprint density at radius 2 is 1.83 bits per heavy atom. The van der Waals surface area contributed by atoms with Crippen molar-refractivity contribution in [1.82, 2.24) is 10.6 Å². The predicted octanol–water partition coefficient (Wildman–Crippen LogP) is 3.02. The summed E-state index contributed by atoms with van der Waals surface area (Å²) in [5.41, 5.74) is 2.04. The van der Waals surface area contributed by atoms with Gasteiger partial charge in [0.05, 0.1) is 6.04 Å². The van der Waals surface area contributed by atoms with E-state index >= 15 is 0 Å². The third kappa shape index (κ3) is 3.94. The highest BCUT2D eigenvalue weighted by molar-refractivity contribution is 5.74. The number of hydrogen-bond acceptors (Lipinski definition) is 3. The summed E-state index contributed by atoms with van der Waals surface area (Å²) in [6.45, 7) is 3.56. The van der Waals surface area contributed by atoms with E-state index in [0.717, 1.165) is 22.6 Å². The van der Waals surface area contributed by atoms with E-state index in [1.165, 1.54) is 0 Å². The predicted molar refractivity (Wildman–Crippen MR) is 87.7 cm³/mol.